The van der Waals surface area contributed by atoms with Gasteiger partial charge in [-0.1, -0.05) is 27.2 Å². The van der Waals surface area contributed by atoms with Crippen molar-refractivity contribution in [3.05, 3.63) is 0 Å². The third-order valence-corrected chi connectivity index (χ3v) is 2.72. The van der Waals surface area contributed by atoms with Crippen molar-refractivity contribution in [3.8, 4) is 0 Å². The molecule has 0 bridgehead atoms. The van der Waals surface area contributed by atoms with Gasteiger partial charge in [-0.05, 0) is 19.3 Å². The molecule has 4 nitrogen and oxygen atoms in total. The minimum absolute atomic E-state index is 0.0897. The predicted molar refractivity (Wildman–Crippen MR) is 59.7 cm³/mol. The van der Waals surface area contributed by atoms with Crippen LogP contribution in [0.2, 0.25) is 0 Å². The van der Waals surface area contributed by atoms with Crippen molar-refractivity contribution >= 4 is 6.09 Å². The quantitative estimate of drug-likeness (QED) is 0.668. The van der Waals surface area contributed by atoms with Gasteiger partial charge in [0, 0.05) is 0 Å². The standard InChI is InChI=1S/C11H23NO3/c1-5-6-7-15-10(14)12-11(4,8-13)9(2)3/h9,13H,5-8H2,1-4H3,(H,12,14). The van der Waals surface area contributed by atoms with Crippen LogP contribution in [0.4, 0.5) is 4.79 Å². The highest BCUT2D eigenvalue weighted by Gasteiger charge is 2.29. The Bertz CT molecular complexity index is 194. The Morgan fingerprint density at radius 1 is 1.53 bits per heavy atom. The summed E-state index contributed by atoms with van der Waals surface area (Å²) in [6.07, 6.45) is 1.41. The fourth-order valence-corrected chi connectivity index (χ4v) is 0.945. The van der Waals surface area contributed by atoms with Crippen LogP contribution in [-0.4, -0.2) is 30.0 Å². The number of nitrogens with one attached hydrogen (secondary N) is 1. The molecule has 0 fully saturated rings. The molecular formula is C11H23NO3. The van der Waals surface area contributed by atoms with Crippen LogP contribution < -0.4 is 5.32 Å². The normalized spacial score (nSPS) is 14.8. The van der Waals surface area contributed by atoms with E-state index < -0.39 is 11.6 Å². The van der Waals surface area contributed by atoms with Crippen molar-refractivity contribution in [1.29, 1.82) is 0 Å². The van der Waals surface area contributed by atoms with Crippen LogP contribution in [0.3, 0.4) is 0 Å². The molecule has 0 rings (SSSR count). The second kappa shape index (κ2) is 6.67. The van der Waals surface area contributed by atoms with Gasteiger partial charge in [0.05, 0.1) is 18.8 Å². The Labute approximate surface area is 92.0 Å². The van der Waals surface area contributed by atoms with Gasteiger partial charge in [-0.15, -0.1) is 0 Å². The summed E-state index contributed by atoms with van der Waals surface area (Å²) >= 11 is 0. The lowest BCUT2D eigenvalue weighted by Crippen LogP contribution is -2.52. The number of carbonyl (C=O) groups excluding carboxylic acids is 1. The van der Waals surface area contributed by atoms with E-state index in [9.17, 15) is 9.90 Å². The van der Waals surface area contributed by atoms with Gasteiger partial charge in [0.25, 0.3) is 0 Å². The second-order valence-corrected chi connectivity index (χ2v) is 4.34. The van der Waals surface area contributed by atoms with Gasteiger partial charge >= 0.3 is 6.09 Å². The summed E-state index contributed by atoms with van der Waals surface area (Å²) < 4.78 is 4.97. The van der Waals surface area contributed by atoms with E-state index in [1.165, 1.54) is 0 Å². The van der Waals surface area contributed by atoms with Gasteiger partial charge in [0.15, 0.2) is 0 Å². The fraction of sp³-hybridized carbons (Fsp3) is 0.909. The number of ether oxygens (including phenoxy) is 1. The molecule has 0 radical (unpaired) electrons. The molecule has 0 aromatic rings. The average molecular weight is 217 g/mol. The summed E-state index contributed by atoms with van der Waals surface area (Å²) in [5.74, 6) is 0.154. The highest BCUT2D eigenvalue weighted by Crippen LogP contribution is 2.15. The lowest BCUT2D eigenvalue weighted by Gasteiger charge is -2.32. The molecule has 0 heterocycles. The highest BCUT2D eigenvalue weighted by atomic mass is 16.5. The van der Waals surface area contributed by atoms with Crippen molar-refractivity contribution in [1.82, 2.24) is 5.32 Å². The van der Waals surface area contributed by atoms with E-state index >= 15 is 0 Å². The first-order valence-electron chi connectivity index (χ1n) is 5.52. The van der Waals surface area contributed by atoms with Gasteiger partial charge < -0.3 is 15.2 Å². The van der Waals surface area contributed by atoms with Crippen LogP contribution in [0, 0.1) is 5.92 Å². The van der Waals surface area contributed by atoms with E-state index in [1.54, 1.807) is 6.92 Å². The van der Waals surface area contributed by atoms with E-state index in [0.29, 0.717) is 6.61 Å². The molecule has 90 valence electrons. The fourth-order valence-electron chi connectivity index (χ4n) is 0.945. The minimum Gasteiger partial charge on any atom is -0.450 e. The molecule has 0 aliphatic heterocycles. The number of amides is 1. The SMILES string of the molecule is CCCCOC(=O)NC(C)(CO)C(C)C. The van der Waals surface area contributed by atoms with Crippen molar-refractivity contribution in [3.63, 3.8) is 0 Å². The Morgan fingerprint density at radius 2 is 2.13 bits per heavy atom. The van der Waals surface area contributed by atoms with Crippen LogP contribution in [-0.2, 0) is 4.74 Å². The smallest absolute Gasteiger partial charge is 0.407 e. The molecule has 0 aliphatic rings. The zero-order valence-electron chi connectivity index (χ0n) is 10.2. The van der Waals surface area contributed by atoms with Crippen LogP contribution in [0.1, 0.15) is 40.5 Å². The molecule has 0 aliphatic carbocycles. The summed E-state index contributed by atoms with van der Waals surface area (Å²) in [6, 6.07) is 0. The molecule has 0 aromatic carbocycles. The minimum atomic E-state index is -0.608. The Balaban J connectivity index is 4.02. The summed E-state index contributed by atoms with van der Waals surface area (Å²) in [4.78, 5) is 11.4. The van der Waals surface area contributed by atoms with Crippen LogP contribution in [0.15, 0.2) is 0 Å². The van der Waals surface area contributed by atoms with E-state index in [0.717, 1.165) is 12.8 Å². The topological polar surface area (TPSA) is 58.6 Å². The molecule has 1 amide bonds. The molecule has 2 N–H and O–H groups in total. The predicted octanol–water partition coefficient (Wildman–Crippen LogP) is 1.92. The zero-order chi connectivity index (χ0) is 11.9. The zero-order valence-corrected chi connectivity index (χ0v) is 10.2. The van der Waals surface area contributed by atoms with Gasteiger partial charge in [0.1, 0.15) is 0 Å². The van der Waals surface area contributed by atoms with E-state index in [2.05, 4.69) is 5.32 Å². The number of hydrogen-bond donors (Lipinski definition) is 2. The summed E-state index contributed by atoms with van der Waals surface area (Å²) in [5.41, 5.74) is -0.608. The van der Waals surface area contributed by atoms with Crippen molar-refractivity contribution in [2.75, 3.05) is 13.2 Å². The average Bonchev–Trinajstić information content (AvgIpc) is 2.17. The third kappa shape index (κ3) is 5.02. The molecule has 1 atom stereocenters. The number of carbonyl (C=O) groups is 1. The number of hydrogen-bond acceptors (Lipinski definition) is 3. The number of unbranched alkanes of at least 4 members (excludes halogenated alkanes) is 1. The number of aliphatic hydroxyl groups is 1. The first-order chi connectivity index (χ1) is 6.96. The number of alkyl carbamates (subject to hydrolysis) is 1. The first-order valence-corrected chi connectivity index (χ1v) is 5.52. The molecule has 15 heavy (non-hydrogen) atoms. The van der Waals surface area contributed by atoms with Gasteiger partial charge in [0.2, 0.25) is 0 Å². The summed E-state index contributed by atoms with van der Waals surface area (Å²) in [5, 5.41) is 11.9. The molecule has 1 unspecified atom stereocenters. The van der Waals surface area contributed by atoms with Crippen LogP contribution in [0.5, 0.6) is 0 Å². The molecule has 4 heteroatoms. The van der Waals surface area contributed by atoms with Crippen molar-refractivity contribution in [2.24, 2.45) is 5.92 Å². The number of aliphatic hydroxyl groups excluding tert-OH is 1. The van der Waals surface area contributed by atoms with Gasteiger partial charge in [-0.2, -0.15) is 0 Å². The lowest BCUT2D eigenvalue weighted by molar-refractivity contribution is 0.0975. The largest absolute Gasteiger partial charge is 0.450 e. The third-order valence-electron chi connectivity index (χ3n) is 2.72. The maximum Gasteiger partial charge on any atom is 0.407 e. The van der Waals surface area contributed by atoms with Gasteiger partial charge in [-0.3, -0.25) is 0 Å². The van der Waals surface area contributed by atoms with Crippen molar-refractivity contribution in [2.45, 2.75) is 46.1 Å². The number of rotatable bonds is 6. The Hall–Kier alpha value is -0.770. The second-order valence-electron chi connectivity index (χ2n) is 4.34. The van der Waals surface area contributed by atoms with Crippen molar-refractivity contribution < 1.29 is 14.6 Å². The molecular weight excluding hydrogens is 194 g/mol. The molecule has 0 saturated heterocycles. The molecule has 0 saturated carbocycles. The monoisotopic (exact) mass is 217 g/mol. The molecule has 0 spiro atoms. The van der Waals surface area contributed by atoms with Gasteiger partial charge in [-0.25, -0.2) is 4.79 Å². The maximum atomic E-state index is 11.4. The lowest BCUT2D eigenvalue weighted by atomic mass is 9.90. The highest BCUT2D eigenvalue weighted by molar-refractivity contribution is 5.68. The van der Waals surface area contributed by atoms with E-state index in [4.69, 9.17) is 4.74 Å². The van der Waals surface area contributed by atoms with Crippen LogP contribution in [0.25, 0.3) is 0 Å². The summed E-state index contributed by atoms with van der Waals surface area (Å²) in [6.45, 7) is 8.08. The molecule has 0 aromatic heterocycles. The Morgan fingerprint density at radius 3 is 2.53 bits per heavy atom. The van der Waals surface area contributed by atoms with Crippen LogP contribution >= 0.6 is 0 Å². The van der Waals surface area contributed by atoms with E-state index in [-0.39, 0.29) is 12.5 Å². The Kier molecular flexibility index (Phi) is 6.32. The van der Waals surface area contributed by atoms with E-state index in [1.807, 2.05) is 20.8 Å². The first kappa shape index (κ1) is 14.2. The maximum absolute atomic E-state index is 11.4. The summed E-state index contributed by atoms with van der Waals surface area (Å²) in [7, 11) is 0.